The predicted octanol–water partition coefficient (Wildman–Crippen LogP) is 3.31. The number of hydrogen-bond acceptors (Lipinski definition) is 4. The summed E-state index contributed by atoms with van der Waals surface area (Å²) >= 11 is 9.37. The van der Waals surface area contributed by atoms with Crippen LogP contribution in [0.2, 0.25) is 5.02 Å². The lowest BCUT2D eigenvalue weighted by Gasteiger charge is -2.16. The molecule has 0 aliphatic heterocycles. The van der Waals surface area contributed by atoms with E-state index in [1.807, 2.05) is 19.1 Å². The lowest BCUT2D eigenvalue weighted by atomic mass is 10.3. The van der Waals surface area contributed by atoms with Crippen molar-refractivity contribution in [3.05, 3.63) is 51.6 Å². The Balaban J connectivity index is 1.83. The molecule has 0 atom stereocenters. The van der Waals surface area contributed by atoms with Crippen LogP contribution >= 0.6 is 27.5 Å². The van der Waals surface area contributed by atoms with Crippen molar-refractivity contribution in [3.8, 4) is 0 Å². The Morgan fingerprint density at radius 1 is 1.16 bits per heavy atom. The minimum absolute atomic E-state index is 0.0566. The highest BCUT2D eigenvalue weighted by Crippen LogP contribution is 2.25. The molecule has 2 rings (SSSR count). The molecule has 0 aliphatic rings. The molecule has 0 fully saturated rings. The molecule has 0 saturated carbocycles. The van der Waals surface area contributed by atoms with Gasteiger partial charge in [0, 0.05) is 10.2 Å². The van der Waals surface area contributed by atoms with Gasteiger partial charge < -0.3 is 10.6 Å². The summed E-state index contributed by atoms with van der Waals surface area (Å²) < 4.78 is 0.828. The number of carbonyl (C=O) groups excluding carboxylic acids is 2. The predicted molar refractivity (Wildman–Crippen MR) is 103 cm³/mol. The van der Waals surface area contributed by atoms with Gasteiger partial charge in [0.25, 0.3) is 0 Å². The second kappa shape index (κ2) is 8.94. The fourth-order valence-corrected chi connectivity index (χ4v) is 2.84. The molecule has 1 aromatic carbocycles. The molecule has 1 aromatic heterocycles. The zero-order valence-electron chi connectivity index (χ0n) is 13.8. The first-order valence-electron chi connectivity index (χ1n) is 7.50. The van der Waals surface area contributed by atoms with Gasteiger partial charge in [-0.2, -0.15) is 0 Å². The van der Waals surface area contributed by atoms with E-state index in [-0.39, 0.29) is 24.9 Å². The maximum absolute atomic E-state index is 12.1. The monoisotopic (exact) mass is 424 g/mol. The molecule has 0 bridgehead atoms. The van der Waals surface area contributed by atoms with Crippen molar-refractivity contribution < 1.29 is 9.59 Å². The lowest BCUT2D eigenvalue weighted by molar-refractivity contribution is -0.119. The number of pyridine rings is 1. The van der Waals surface area contributed by atoms with Gasteiger partial charge in [0.1, 0.15) is 5.82 Å². The highest BCUT2D eigenvalue weighted by molar-refractivity contribution is 9.10. The van der Waals surface area contributed by atoms with Gasteiger partial charge >= 0.3 is 0 Å². The second-order valence-electron chi connectivity index (χ2n) is 5.56. The first-order valence-corrected chi connectivity index (χ1v) is 8.67. The Bertz CT molecular complexity index is 785. The van der Waals surface area contributed by atoms with Crippen LogP contribution in [-0.4, -0.2) is 41.8 Å². The molecule has 8 heteroatoms. The molecule has 2 N–H and O–H groups in total. The van der Waals surface area contributed by atoms with Gasteiger partial charge in [0.05, 0.1) is 23.8 Å². The van der Waals surface area contributed by atoms with E-state index in [1.165, 1.54) is 0 Å². The fraction of sp³-hybridized carbons (Fsp3) is 0.235. The molecule has 0 saturated heterocycles. The number of likely N-dealkylation sites (N-methyl/N-ethyl adjacent to an activating group) is 1. The molecule has 0 spiro atoms. The maximum atomic E-state index is 12.1. The van der Waals surface area contributed by atoms with Gasteiger partial charge in [-0.15, -0.1) is 0 Å². The summed E-state index contributed by atoms with van der Waals surface area (Å²) in [6.07, 6.45) is 0. The number of carbonyl (C=O) groups is 2. The third kappa shape index (κ3) is 6.45. The molecular formula is C17H18BrClN4O2. The summed E-state index contributed by atoms with van der Waals surface area (Å²) in [4.78, 5) is 29.9. The van der Waals surface area contributed by atoms with Crippen LogP contribution in [0.25, 0.3) is 0 Å². The summed E-state index contributed by atoms with van der Waals surface area (Å²) in [7, 11) is 1.69. The van der Waals surface area contributed by atoms with E-state index in [0.29, 0.717) is 16.5 Å². The van der Waals surface area contributed by atoms with E-state index in [1.54, 1.807) is 36.2 Å². The van der Waals surface area contributed by atoms with Crippen molar-refractivity contribution in [1.29, 1.82) is 0 Å². The fourth-order valence-electron chi connectivity index (χ4n) is 2.12. The Hall–Kier alpha value is -1.96. The number of nitrogens with zero attached hydrogens (tertiary/aromatic N) is 2. The lowest BCUT2D eigenvalue weighted by Crippen LogP contribution is -2.36. The van der Waals surface area contributed by atoms with Gasteiger partial charge in [-0.3, -0.25) is 14.5 Å². The van der Waals surface area contributed by atoms with Crippen LogP contribution < -0.4 is 10.6 Å². The Morgan fingerprint density at radius 2 is 1.84 bits per heavy atom. The smallest absolute Gasteiger partial charge is 0.239 e. The molecule has 25 heavy (non-hydrogen) atoms. The normalized spacial score (nSPS) is 10.6. The number of halogens is 2. The van der Waals surface area contributed by atoms with Gasteiger partial charge in [-0.05, 0) is 44.3 Å². The topological polar surface area (TPSA) is 74.3 Å². The number of anilines is 2. The van der Waals surface area contributed by atoms with Crippen LogP contribution in [0, 0.1) is 6.92 Å². The van der Waals surface area contributed by atoms with E-state index < -0.39 is 0 Å². The Morgan fingerprint density at radius 3 is 2.48 bits per heavy atom. The van der Waals surface area contributed by atoms with Crippen LogP contribution in [0.3, 0.4) is 0 Å². The van der Waals surface area contributed by atoms with Gasteiger partial charge in [0.2, 0.25) is 11.8 Å². The molecular weight excluding hydrogens is 408 g/mol. The number of amides is 2. The molecule has 2 amide bonds. The SMILES string of the molecule is Cc1cccc(NC(=O)CN(C)CC(=O)Nc2ccc(Br)cc2Cl)n1. The highest BCUT2D eigenvalue weighted by atomic mass is 79.9. The van der Waals surface area contributed by atoms with Crippen molar-refractivity contribution in [1.82, 2.24) is 9.88 Å². The average molecular weight is 426 g/mol. The largest absolute Gasteiger partial charge is 0.324 e. The quantitative estimate of drug-likeness (QED) is 0.744. The number of hydrogen-bond donors (Lipinski definition) is 2. The number of nitrogens with one attached hydrogen (secondary N) is 2. The van der Waals surface area contributed by atoms with E-state index in [2.05, 4.69) is 31.5 Å². The summed E-state index contributed by atoms with van der Waals surface area (Å²) in [5.41, 5.74) is 1.34. The van der Waals surface area contributed by atoms with Crippen molar-refractivity contribution in [3.63, 3.8) is 0 Å². The molecule has 2 aromatic rings. The number of rotatable bonds is 6. The van der Waals surface area contributed by atoms with E-state index in [4.69, 9.17) is 11.6 Å². The van der Waals surface area contributed by atoms with Crippen molar-refractivity contribution in [2.75, 3.05) is 30.8 Å². The summed E-state index contributed by atoms with van der Waals surface area (Å²) in [6.45, 7) is 1.97. The number of aryl methyl sites for hydroxylation is 1. The van der Waals surface area contributed by atoms with Crippen molar-refractivity contribution in [2.45, 2.75) is 6.92 Å². The molecule has 1 heterocycles. The standard InChI is InChI=1S/C17H18BrClN4O2/c1-11-4-3-5-15(20-11)22-17(25)10-23(2)9-16(24)21-14-7-6-12(18)8-13(14)19/h3-8H,9-10H2,1-2H3,(H,21,24)(H,20,22,25). The minimum atomic E-state index is -0.256. The van der Waals surface area contributed by atoms with Crippen molar-refractivity contribution in [2.24, 2.45) is 0 Å². The van der Waals surface area contributed by atoms with Crippen LogP contribution in [0.5, 0.6) is 0 Å². The molecule has 0 radical (unpaired) electrons. The Labute approximate surface area is 159 Å². The highest BCUT2D eigenvalue weighted by Gasteiger charge is 2.12. The average Bonchev–Trinajstić information content (AvgIpc) is 2.49. The van der Waals surface area contributed by atoms with E-state index >= 15 is 0 Å². The second-order valence-corrected chi connectivity index (χ2v) is 6.88. The molecule has 0 unspecified atom stereocenters. The van der Waals surface area contributed by atoms with E-state index in [0.717, 1.165) is 10.2 Å². The van der Waals surface area contributed by atoms with Crippen LogP contribution in [0.4, 0.5) is 11.5 Å². The number of aromatic nitrogens is 1. The first-order chi connectivity index (χ1) is 11.8. The zero-order valence-corrected chi connectivity index (χ0v) is 16.2. The molecule has 6 nitrogen and oxygen atoms in total. The first kappa shape index (κ1) is 19.4. The minimum Gasteiger partial charge on any atom is -0.324 e. The molecule has 132 valence electrons. The zero-order chi connectivity index (χ0) is 18.4. The van der Waals surface area contributed by atoms with Crippen molar-refractivity contribution >= 4 is 50.9 Å². The van der Waals surface area contributed by atoms with E-state index in [9.17, 15) is 9.59 Å². The third-order valence-electron chi connectivity index (χ3n) is 3.19. The molecule has 0 aliphatic carbocycles. The summed E-state index contributed by atoms with van der Waals surface area (Å²) in [6, 6.07) is 10.6. The van der Waals surface area contributed by atoms with Gasteiger partial charge in [0.15, 0.2) is 0 Å². The summed E-state index contributed by atoms with van der Waals surface area (Å²) in [5.74, 6) is -0.00669. The number of benzene rings is 1. The van der Waals surface area contributed by atoms with Crippen LogP contribution in [0.1, 0.15) is 5.69 Å². The summed E-state index contributed by atoms with van der Waals surface area (Å²) in [5, 5.41) is 5.86. The van der Waals surface area contributed by atoms with Gasteiger partial charge in [-0.1, -0.05) is 33.6 Å². The van der Waals surface area contributed by atoms with Crippen LogP contribution in [0.15, 0.2) is 40.9 Å². The third-order valence-corrected chi connectivity index (χ3v) is 3.99. The van der Waals surface area contributed by atoms with Gasteiger partial charge in [-0.25, -0.2) is 4.98 Å². The Kier molecular flexibility index (Phi) is 6.92. The van der Waals surface area contributed by atoms with Crippen LogP contribution in [-0.2, 0) is 9.59 Å². The maximum Gasteiger partial charge on any atom is 0.239 e.